The number of hydrogen-bond donors (Lipinski definition) is 1. The molecule has 0 saturated carbocycles. The number of hydrogen-bond acceptors (Lipinski definition) is 5. The molecule has 1 aromatic carbocycles. The van der Waals surface area contributed by atoms with Gasteiger partial charge in [-0.1, -0.05) is 13.0 Å². The molecule has 1 N–H and O–H groups in total. The molecule has 0 bridgehead atoms. The van der Waals surface area contributed by atoms with E-state index >= 15 is 0 Å². The van der Waals surface area contributed by atoms with Crippen molar-refractivity contribution in [1.82, 2.24) is 9.97 Å². The second-order valence-electron chi connectivity index (χ2n) is 3.98. The molecule has 0 fully saturated rings. The average molecular weight is 260 g/mol. The molecule has 5 nitrogen and oxygen atoms in total. The van der Waals surface area contributed by atoms with Gasteiger partial charge in [0.1, 0.15) is 18.1 Å². The number of nitrogens with zero attached hydrogens (tertiary/aromatic N) is 2. The van der Waals surface area contributed by atoms with Gasteiger partial charge in [0.2, 0.25) is 0 Å². The second-order valence-corrected chi connectivity index (χ2v) is 3.98. The molecule has 0 radical (unpaired) electrons. The van der Waals surface area contributed by atoms with Crippen molar-refractivity contribution in [2.24, 2.45) is 0 Å². The van der Waals surface area contributed by atoms with Crippen molar-refractivity contribution in [3.8, 4) is 17.5 Å². The van der Waals surface area contributed by atoms with Crippen molar-refractivity contribution >= 4 is 0 Å². The van der Waals surface area contributed by atoms with Gasteiger partial charge in [-0.25, -0.2) is 9.97 Å². The molecule has 100 valence electrons. The fourth-order valence-corrected chi connectivity index (χ4v) is 1.38. The van der Waals surface area contributed by atoms with Crippen LogP contribution in [-0.2, 0) is 0 Å². The molecular weight excluding hydrogens is 244 g/mol. The van der Waals surface area contributed by atoms with E-state index in [0.717, 1.165) is 0 Å². The van der Waals surface area contributed by atoms with Crippen LogP contribution in [0.3, 0.4) is 0 Å². The summed E-state index contributed by atoms with van der Waals surface area (Å²) in [5.41, 5.74) is 0. The molecule has 1 heterocycles. The van der Waals surface area contributed by atoms with E-state index in [0.29, 0.717) is 17.9 Å². The van der Waals surface area contributed by atoms with Gasteiger partial charge < -0.3 is 14.6 Å². The molecule has 2 rings (SSSR count). The molecule has 0 aliphatic heterocycles. The summed E-state index contributed by atoms with van der Waals surface area (Å²) < 4.78 is 11.0. The third kappa shape index (κ3) is 4.22. The lowest BCUT2D eigenvalue weighted by atomic mass is 10.3. The first-order chi connectivity index (χ1) is 9.28. The van der Waals surface area contributed by atoms with Gasteiger partial charge in [-0.2, -0.15) is 0 Å². The predicted octanol–water partition coefficient (Wildman–Crippen LogP) is 2.42. The van der Waals surface area contributed by atoms with Crippen LogP contribution in [0.4, 0.5) is 0 Å². The highest BCUT2D eigenvalue weighted by Crippen LogP contribution is 2.22. The van der Waals surface area contributed by atoms with Crippen molar-refractivity contribution in [3.63, 3.8) is 0 Å². The van der Waals surface area contributed by atoms with E-state index in [1.165, 1.54) is 0 Å². The number of aliphatic hydroxyl groups excluding tert-OH is 1. The normalized spacial score (nSPS) is 11.9. The van der Waals surface area contributed by atoms with E-state index in [9.17, 15) is 5.11 Å². The molecule has 1 atom stereocenters. The lowest BCUT2D eigenvalue weighted by molar-refractivity contribution is 0.104. The molecule has 0 saturated heterocycles. The standard InChI is InChI=1S/C14H16N2O3/c1-2-11(17)10-18-12-5-3-6-13(9-12)19-14-15-7-4-8-16-14/h3-9,11,17H,2,10H2,1H3. The molecule has 0 aliphatic carbocycles. The smallest absolute Gasteiger partial charge is 0.321 e. The van der Waals surface area contributed by atoms with E-state index in [4.69, 9.17) is 9.47 Å². The van der Waals surface area contributed by atoms with Crippen LogP contribution in [0, 0.1) is 0 Å². The van der Waals surface area contributed by atoms with Gasteiger partial charge in [0.25, 0.3) is 0 Å². The van der Waals surface area contributed by atoms with Crippen LogP contribution in [0.5, 0.6) is 17.5 Å². The maximum atomic E-state index is 9.45. The van der Waals surface area contributed by atoms with Crippen molar-refractivity contribution in [2.45, 2.75) is 19.4 Å². The average Bonchev–Trinajstić information content (AvgIpc) is 2.46. The Hall–Kier alpha value is -2.14. The molecule has 5 heteroatoms. The first-order valence-corrected chi connectivity index (χ1v) is 6.13. The molecule has 1 unspecified atom stereocenters. The Kier molecular flexibility index (Phi) is 4.69. The van der Waals surface area contributed by atoms with E-state index in [1.807, 2.05) is 13.0 Å². The van der Waals surface area contributed by atoms with Crippen LogP contribution in [0.25, 0.3) is 0 Å². The summed E-state index contributed by atoms with van der Waals surface area (Å²) in [4.78, 5) is 7.95. The first kappa shape index (κ1) is 13.3. The Labute approximate surface area is 111 Å². The fourth-order valence-electron chi connectivity index (χ4n) is 1.38. The van der Waals surface area contributed by atoms with E-state index in [-0.39, 0.29) is 12.6 Å². The third-order valence-electron chi connectivity index (χ3n) is 2.47. The lowest BCUT2D eigenvalue weighted by Gasteiger charge is -2.11. The van der Waals surface area contributed by atoms with Crippen LogP contribution in [0.15, 0.2) is 42.7 Å². The van der Waals surface area contributed by atoms with Crippen LogP contribution < -0.4 is 9.47 Å². The van der Waals surface area contributed by atoms with E-state index in [2.05, 4.69) is 9.97 Å². The maximum Gasteiger partial charge on any atom is 0.321 e. The van der Waals surface area contributed by atoms with Crippen LogP contribution in [-0.4, -0.2) is 27.8 Å². The quantitative estimate of drug-likeness (QED) is 0.864. The monoisotopic (exact) mass is 260 g/mol. The van der Waals surface area contributed by atoms with Crippen molar-refractivity contribution in [1.29, 1.82) is 0 Å². The molecule has 19 heavy (non-hydrogen) atoms. The minimum atomic E-state index is -0.456. The van der Waals surface area contributed by atoms with Gasteiger partial charge in [-0.3, -0.25) is 0 Å². The third-order valence-corrected chi connectivity index (χ3v) is 2.47. The molecule has 0 amide bonds. The highest BCUT2D eigenvalue weighted by molar-refractivity contribution is 5.34. The predicted molar refractivity (Wildman–Crippen MR) is 70.3 cm³/mol. The Balaban J connectivity index is 1.99. The number of aromatic nitrogens is 2. The number of ether oxygens (including phenoxy) is 2. The maximum absolute atomic E-state index is 9.45. The van der Waals surface area contributed by atoms with Crippen LogP contribution >= 0.6 is 0 Å². The Morgan fingerprint density at radius 3 is 2.63 bits per heavy atom. The Morgan fingerprint density at radius 1 is 1.16 bits per heavy atom. The van der Waals surface area contributed by atoms with Crippen molar-refractivity contribution in [2.75, 3.05) is 6.61 Å². The molecule has 2 aromatic rings. The summed E-state index contributed by atoms with van der Waals surface area (Å²) in [5, 5.41) is 9.45. The van der Waals surface area contributed by atoms with E-state index in [1.54, 1.807) is 36.7 Å². The van der Waals surface area contributed by atoms with Crippen LogP contribution in [0.2, 0.25) is 0 Å². The van der Waals surface area contributed by atoms with E-state index < -0.39 is 6.10 Å². The molecule has 0 aliphatic rings. The van der Waals surface area contributed by atoms with Crippen LogP contribution in [0.1, 0.15) is 13.3 Å². The summed E-state index contributed by atoms with van der Waals surface area (Å²) in [6, 6.07) is 9.15. The zero-order valence-electron chi connectivity index (χ0n) is 10.7. The second kappa shape index (κ2) is 6.70. The summed E-state index contributed by atoms with van der Waals surface area (Å²) in [6.45, 7) is 2.17. The number of rotatable bonds is 6. The largest absolute Gasteiger partial charge is 0.491 e. The summed E-state index contributed by atoms with van der Waals surface area (Å²) in [7, 11) is 0. The molecule has 1 aromatic heterocycles. The summed E-state index contributed by atoms with van der Waals surface area (Å²) >= 11 is 0. The van der Waals surface area contributed by atoms with Gasteiger partial charge in [0.15, 0.2) is 0 Å². The fraction of sp³-hybridized carbons (Fsp3) is 0.286. The minimum Gasteiger partial charge on any atom is -0.491 e. The SMILES string of the molecule is CCC(O)COc1cccc(Oc2ncccn2)c1. The molecule has 0 spiro atoms. The molecular formula is C14H16N2O3. The number of aliphatic hydroxyl groups is 1. The number of benzene rings is 1. The highest BCUT2D eigenvalue weighted by atomic mass is 16.5. The topological polar surface area (TPSA) is 64.5 Å². The van der Waals surface area contributed by atoms with Gasteiger partial charge in [-0.05, 0) is 24.6 Å². The lowest BCUT2D eigenvalue weighted by Crippen LogP contribution is -2.15. The minimum absolute atomic E-state index is 0.266. The Morgan fingerprint density at radius 2 is 1.89 bits per heavy atom. The highest BCUT2D eigenvalue weighted by Gasteiger charge is 2.04. The van der Waals surface area contributed by atoms with Gasteiger partial charge in [-0.15, -0.1) is 0 Å². The first-order valence-electron chi connectivity index (χ1n) is 6.13. The van der Waals surface area contributed by atoms with Gasteiger partial charge in [0, 0.05) is 18.5 Å². The van der Waals surface area contributed by atoms with Crippen molar-refractivity contribution < 1.29 is 14.6 Å². The summed E-state index contributed by atoms with van der Waals surface area (Å²) in [6.07, 6.45) is 3.43. The zero-order chi connectivity index (χ0) is 13.5. The zero-order valence-corrected chi connectivity index (χ0v) is 10.7. The van der Waals surface area contributed by atoms with Gasteiger partial charge in [0.05, 0.1) is 6.10 Å². The van der Waals surface area contributed by atoms with Crippen molar-refractivity contribution in [3.05, 3.63) is 42.7 Å². The summed E-state index contributed by atoms with van der Waals surface area (Å²) in [5.74, 6) is 1.23. The Bertz CT molecular complexity index is 505. The van der Waals surface area contributed by atoms with Gasteiger partial charge >= 0.3 is 6.01 Å².